The van der Waals surface area contributed by atoms with Crippen LogP contribution in [0.5, 0.6) is 17.2 Å². The van der Waals surface area contributed by atoms with E-state index in [1.54, 1.807) is 0 Å². The van der Waals surface area contributed by atoms with E-state index in [2.05, 4.69) is 16.8 Å². The summed E-state index contributed by atoms with van der Waals surface area (Å²) in [6.45, 7) is 5.03. The molecule has 0 aliphatic carbocycles. The molecule has 0 saturated carbocycles. The van der Waals surface area contributed by atoms with E-state index in [-0.39, 0.29) is 28.2 Å². The maximum atomic E-state index is 12.6. The fourth-order valence-corrected chi connectivity index (χ4v) is 3.63. The molecule has 2 N–H and O–H groups in total. The van der Waals surface area contributed by atoms with Crippen molar-refractivity contribution in [3.63, 3.8) is 0 Å². The minimum Gasteiger partial charge on any atom is -0.504 e. The van der Waals surface area contributed by atoms with Crippen LogP contribution in [0.2, 0.25) is 0 Å². The van der Waals surface area contributed by atoms with E-state index in [1.165, 1.54) is 19.2 Å². The summed E-state index contributed by atoms with van der Waals surface area (Å²) in [5.74, 6) is -0.482. The number of piperazine rings is 1. The molecule has 1 aliphatic heterocycles. The number of likely N-dealkylation sites (N-methyl/N-ethyl adjacent to an activating group) is 1. The molecule has 29 heavy (non-hydrogen) atoms. The minimum absolute atomic E-state index is 0.0533. The zero-order chi connectivity index (χ0) is 20.5. The highest BCUT2D eigenvalue weighted by Crippen LogP contribution is 2.38. The molecule has 0 atom stereocenters. The summed E-state index contributed by atoms with van der Waals surface area (Å²) in [5.41, 5.74) is 1.26. The van der Waals surface area contributed by atoms with Crippen molar-refractivity contribution in [2.24, 2.45) is 0 Å². The van der Waals surface area contributed by atoms with Crippen LogP contribution in [0, 0.1) is 0 Å². The van der Waals surface area contributed by atoms with Crippen molar-refractivity contribution < 1.29 is 19.4 Å². The number of nitrogens with zero attached hydrogens (tertiary/aromatic N) is 2. The van der Waals surface area contributed by atoms with Gasteiger partial charge in [0, 0.05) is 38.3 Å². The molecule has 2 heterocycles. The third-order valence-electron chi connectivity index (χ3n) is 5.39. The van der Waals surface area contributed by atoms with Crippen molar-refractivity contribution in [2.45, 2.75) is 6.54 Å². The highest BCUT2D eigenvalue weighted by atomic mass is 16.5. The van der Waals surface area contributed by atoms with Crippen LogP contribution in [0.4, 0.5) is 0 Å². The number of phenols is 1. The van der Waals surface area contributed by atoms with Crippen LogP contribution in [0.3, 0.4) is 0 Å². The van der Waals surface area contributed by atoms with E-state index in [4.69, 9.17) is 9.15 Å². The number of fused-ring (bicyclic) bond motifs is 1. The molecule has 4 rings (SSSR count). The van der Waals surface area contributed by atoms with E-state index in [1.807, 2.05) is 24.3 Å². The van der Waals surface area contributed by atoms with Gasteiger partial charge in [-0.25, -0.2) is 0 Å². The van der Waals surface area contributed by atoms with Gasteiger partial charge in [0.1, 0.15) is 0 Å². The Morgan fingerprint density at radius 2 is 1.72 bits per heavy atom. The number of phenolic OH excluding ortho intramolecular Hbond substituents is 1. The van der Waals surface area contributed by atoms with Gasteiger partial charge in [-0.2, -0.15) is 0 Å². The number of aromatic hydroxyl groups is 2. The van der Waals surface area contributed by atoms with E-state index in [0.717, 1.165) is 38.3 Å². The number of hydrogen-bond donors (Lipinski definition) is 2. The Morgan fingerprint density at radius 3 is 2.38 bits per heavy atom. The first-order chi connectivity index (χ1) is 14.0. The molecule has 0 radical (unpaired) electrons. The Kier molecular flexibility index (Phi) is 5.17. The van der Waals surface area contributed by atoms with Crippen LogP contribution in [0.25, 0.3) is 22.3 Å². The molecule has 1 saturated heterocycles. The van der Waals surface area contributed by atoms with Crippen molar-refractivity contribution in [3.05, 3.63) is 52.2 Å². The largest absolute Gasteiger partial charge is 0.504 e. The van der Waals surface area contributed by atoms with Gasteiger partial charge >= 0.3 is 0 Å². The lowest BCUT2D eigenvalue weighted by Crippen LogP contribution is -2.43. The van der Waals surface area contributed by atoms with Crippen LogP contribution in [-0.2, 0) is 6.54 Å². The van der Waals surface area contributed by atoms with Crippen LogP contribution in [-0.4, -0.2) is 60.3 Å². The van der Waals surface area contributed by atoms with Crippen molar-refractivity contribution in [3.8, 4) is 28.6 Å². The number of benzene rings is 2. The van der Waals surface area contributed by atoms with Crippen LogP contribution in [0.1, 0.15) is 5.56 Å². The minimum atomic E-state index is -0.568. The Morgan fingerprint density at radius 1 is 1.03 bits per heavy atom. The third kappa shape index (κ3) is 3.66. The monoisotopic (exact) mass is 396 g/mol. The second-order valence-corrected chi connectivity index (χ2v) is 7.38. The quantitative estimate of drug-likeness (QED) is 0.701. The number of ether oxygens (including phenoxy) is 1. The lowest BCUT2D eigenvalue weighted by Gasteiger charge is -2.32. The maximum absolute atomic E-state index is 12.6. The first kappa shape index (κ1) is 19.3. The fraction of sp³-hybridized carbons (Fsp3) is 0.318. The molecule has 3 aromatic rings. The zero-order valence-electron chi connectivity index (χ0n) is 16.5. The average Bonchev–Trinajstić information content (AvgIpc) is 2.73. The number of hydrogen-bond acceptors (Lipinski definition) is 7. The fourth-order valence-electron chi connectivity index (χ4n) is 3.63. The molecule has 0 bridgehead atoms. The molecule has 0 unspecified atom stereocenters. The summed E-state index contributed by atoms with van der Waals surface area (Å²) in [6.07, 6.45) is 0. The van der Waals surface area contributed by atoms with Gasteiger partial charge in [0.05, 0.1) is 12.5 Å². The Bertz CT molecular complexity index is 1080. The molecule has 0 amide bonds. The summed E-state index contributed by atoms with van der Waals surface area (Å²) >= 11 is 0. The predicted molar refractivity (Wildman–Crippen MR) is 111 cm³/mol. The third-order valence-corrected chi connectivity index (χ3v) is 5.39. The van der Waals surface area contributed by atoms with Crippen LogP contribution < -0.4 is 10.2 Å². The Labute approximate surface area is 168 Å². The summed E-state index contributed by atoms with van der Waals surface area (Å²) in [5, 5.41) is 20.5. The van der Waals surface area contributed by atoms with Crippen molar-refractivity contribution in [2.75, 3.05) is 40.3 Å². The molecule has 1 fully saturated rings. The van der Waals surface area contributed by atoms with E-state index in [0.29, 0.717) is 5.56 Å². The normalized spacial score (nSPS) is 15.7. The molecule has 2 aromatic carbocycles. The van der Waals surface area contributed by atoms with Gasteiger partial charge in [-0.3, -0.25) is 9.69 Å². The first-order valence-corrected chi connectivity index (χ1v) is 9.54. The molecule has 152 valence electrons. The van der Waals surface area contributed by atoms with Crippen LogP contribution in [0.15, 0.2) is 45.6 Å². The summed E-state index contributed by atoms with van der Waals surface area (Å²) in [4.78, 5) is 17.3. The van der Waals surface area contributed by atoms with E-state index < -0.39 is 11.2 Å². The highest BCUT2D eigenvalue weighted by Gasteiger charge is 2.20. The van der Waals surface area contributed by atoms with Crippen molar-refractivity contribution in [1.82, 2.24) is 9.80 Å². The summed E-state index contributed by atoms with van der Waals surface area (Å²) in [7, 11) is 3.51. The van der Waals surface area contributed by atoms with Gasteiger partial charge in [-0.05, 0) is 24.7 Å². The van der Waals surface area contributed by atoms with Gasteiger partial charge in [-0.1, -0.05) is 24.3 Å². The standard InChI is InChI=1S/C22H24N2O5/c1-23-9-11-24(12-10-23)13-14-3-5-15(6-4-14)20-19(27)18(26)16-7-8-17(25)22(28-2)21(16)29-20/h3-8,25,27H,9-13H2,1-2H3. The smallest absolute Gasteiger partial charge is 0.235 e. The summed E-state index contributed by atoms with van der Waals surface area (Å²) in [6, 6.07) is 10.3. The van der Waals surface area contributed by atoms with Gasteiger partial charge in [-0.15, -0.1) is 0 Å². The highest BCUT2D eigenvalue weighted by molar-refractivity contribution is 5.88. The zero-order valence-corrected chi connectivity index (χ0v) is 16.5. The van der Waals surface area contributed by atoms with E-state index in [9.17, 15) is 15.0 Å². The Balaban J connectivity index is 1.67. The molecule has 0 spiro atoms. The number of methoxy groups -OCH3 is 1. The van der Waals surface area contributed by atoms with Crippen molar-refractivity contribution in [1.29, 1.82) is 0 Å². The molecular formula is C22H24N2O5. The van der Waals surface area contributed by atoms with Crippen molar-refractivity contribution >= 4 is 11.0 Å². The predicted octanol–water partition coefficient (Wildman–Crippen LogP) is 2.63. The number of rotatable bonds is 4. The van der Waals surface area contributed by atoms with Gasteiger partial charge in [0.2, 0.25) is 16.9 Å². The summed E-state index contributed by atoms with van der Waals surface area (Å²) < 4.78 is 11.0. The molecule has 7 nitrogen and oxygen atoms in total. The van der Waals surface area contributed by atoms with E-state index >= 15 is 0 Å². The SMILES string of the molecule is COc1c(O)ccc2c(=O)c(O)c(-c3ccc(CN4CCN(C)CC4)cc3)oc12. The first-order valence-electron chi connectivity index (χ1n) is 9.54. The van der Waals surface area contributed by atoms with Gasteiger partial charge in [0.25, 0.3) is 0 Å². The lowest BCUT2D eigenvalue weighted by atomic mass is 10.1. The molecule has 7 heteroatoms. The van der Waals surface area contributed by atoms with Gasteiger partial charge in [0.15, 0.2) is 17.1 Å². The maximum Gasteiger partial charge on any atom is 0.235 e. The van der Waals surface area contributed by atoms with Crippen LogP contribution >= 0.6 is 0 Å². The average molecular weight is 396 g/mol. The molecule has 1 aliphatic rings. The van der Waals surface area contributed by atoms with Gasteiger partial charge < -0.3 is 24.3 Å². The second-order valence-electron chi connectivity index (χ2n) is 7.38. The molecule has 1 aromatic heterocycles. The molecular weight excluding hydrogens is 372 g/mol. The lowest BCUT2D eigenvalue weighted by molar-refractivity contribution is 0.148. The topological polar surface area (TPSA) is 86.4 Å². The Hall–Kier alpha value is -3.03. The second kappa shape index (κ2) is 7.77.